The van der Waals surface area contributed by atoms with E-state index < -0.39 is 15.9 Å². The van der Waals surface area contributed by atoms with Crippen LogP contribution in [0.15, 0.2) is 125 Å². The second-order valence-corrected chi connectivity index (χ2v) is 11.6. The van der Waals surface area contributed by atoms with Gasteiger partial charge in [0.25, 0.3) is 11.8 Å². The van der Waals surface area contributed by atoms with Crippen LogP contribution in [0.2, 0.25) is 0 Å². The van der Waals surface area contributed by atoms with Gasteiger partial charge in [0.1, 0.15) is 5.75 Å². The summed E-state index contributed by atoms with van der Waals surface area (Å²) in [6.45, 7) is 0.160. The van der Waals surface area contributed by atoms with Crippen LogP contribution in [0.3, 0.4) is 0 Å². The molecule has 4 aromatic carbocycles. The quantitative estimate of drug-likeness (QED) is 0.160. The third kappa shape index (κ3) is 10.2. The molecule has 4 aromatic rings. The smallest absolute Gasteiger partial charge is 0.257 e. The van der Waals surface area contributed by atoms with Gasteiger partial charge in [0.2, 0.25) is 10.0 Å². The Kier molecular flexibility index (Phi) is 11.6. The molecule has 0 heterocycles. The minimum absolute atomic E-state index is 0.106. The zero-order valence-corrected chi connectivity index (χ0v) is 24.5. The molecular weight excluding hydrogens is 564 g/mol. The Bertz CT molecular complexity index is 1580. The standard InChI is InChI=1S/C33H34N4O5S/c38-32(25-37(23-21-28-12-6-2-7-13-28)43(40,41)31-14-8-3-9-15-31)36-35-24-29-16-18-30(19-17-29)42-26-33(39)34-22-20-27-10-4-1-5-11-27/h1-19,24H,20-23,25-26H2,(H,34,39)(H,36,38)/b35-24+. The summed E-state index contributed by atoms with van der Waals surface area (Å²) in [4.78, 5) is 24.9. The number of nitrogens with one attached hydrogen (secondary N) is 2. The summed E-state index contributed by atoms with van der Waals surface area (Å²) in [5.74, 6) is -0.266. The lowest BCUT2D eigenvalue weighted by Gasteiger charge is -2.21. The number of nitrogens with zero attached hydrogens (tertiary/aromatic N) is 2. The van der Waals surface area contributed by atoms with Crippen LogP contribution < -0.4 is 15.5 Å². The first-order chi connectivity index (χ1) is 20.9. The SMILES string of the molecule is O=C(COc1ccc(/C=N/NC(=O)CN(CCc2ccccc2)S(=O)(=O)c2ccccc2)cc1)NCCc1ccccc1. The first kappa shape index (κ1) is 31.1. The van der Waals surface area contributed by atoms with Crippen molar-refractivity contribution in [3.05, 3.63) is 132 Å². The molecule has 2 N–H and O–H groups in total. The summed E-state index contributed by atoms with van der Waals surface area (Å²) in [5.41, 5.74) is 5.20. The molecule has 0 saturated carbocycles. The first-order valence-electron chi connectivity index (χ1n) is 13.8. The van der Waals surface area contributed by atoms with E-state index in [9.17, 15) is 18.0 Å². The number of hydrogen-bond acceptors (Lipinski definition) is 6. The molecule has 0 radical (unpaired) electrons. The third-order valence-electron chi connectivity index (χ3n) is 6.43. The Morgan fingerprint density at radius 2 is 1.33 bits per heavy atom. The highest BCUT2D eigenvalue weighted by molar-refractivity contribution is 7.89. The van der Waals surface area contributed by atoms with Crippen molar-refractivity contribution in [1.82, 2.24) is 15.0 Å². The summed E-state index contributed by atoms with van der Waals surface area (Å²) in [5, 5.41) is 6.81. The average molecular weight is 599 g/mol. The Morgan fingerprint density at radius 3 is 1.95 bits per heavy atom. The Morgan fingerprint density at radius 1 is 0.744 bits per heavy atom. The van der Waals surface area contributed by atoms with Gasteiger partial charge < -0.3 is 10.1 Å². The van der Waals surface area contributed by atoms with E-state index in [2.05, 4.69) is 15.8 Å². The Hall–Kier alpha value is -4.80. The first-order valence-corrected chi connectivity index (χ1v) is 15.3. The van der Waals surface area contributed by atoms with Crippen molar-refractivity contribution in [1.29, 1.82) is 0 Å². The van der Waals surface area contributed by atoms with Gasteiger partial charge in [-0.25, -0.2) is 13.8 Å². The zero-order valence-electron chi connectivity index (χ0n) is 23.6. The maximum Gasteiger partial charge on any atom is 0.257 e. The summed E-state index contributed by atoms with van der Waals surface area (Å²) in [6.07, 6.45) is 2.64. The molecule has 0 aliphatic carbocycles. The number of benzene rings is 4. The molecule has 9 nitrogen and oxygen atoms in total. The highest BCUT2D eigenvalue weighted by atomic mass is 32.2. The molecule has 2 amide bonds. The van der Waals surface area contributed by atoms with Crippen LogP contribution in [0.1, 0.15) is 16.7 Å². The highest BCUT2D eigenvalue weighted by Gasteiger charge is 2.26. The van der Waals surface area contributed by atoms with E-state index in [0.717, 1.165) is 21.9 Å². The number of sulfonamides is 1. The minimum atomic E-state index is -3.90. The second kappa shape index (κ2) is 16.0. The minimum Gasteiger partial charge on any atom is -0.484 e. The summed E-state index contributed by atoms with van der Waals surface area (Å²) >= 11 is 0. The number of carbonyl (C=O) groups is 2. The van der Waals surface area contributed by atoms with Crippen molar-refractivity contribution < 1.29 is 22.7 Å². The van der Waals surface area contributed by atoms with Crippen molar-refractivity contribution in [2.75, 3.05) is 26.2 Å². The molecule has 222 valence electrons. The van der Waals surface area contributed by atoms with Gasteiger partial charge in [-0.2, -0.15) is 9.41 Å². The predicted molar refractivity (Wildman–Crippen MR) is 166 cm³/mol. The van der Waals surface area contributed by atoms with Crippen LogP contribution in [0.4, 0.5) is 0 Å². The van der Waals surface area contributed by atoms with Crippen LogP contribution in [-0.2, 0) is 32.5 Å². The van der Waals surface area contributed by atoms with Crippen LogP contribution >= 0.6 is 0 Å². The number of hydrazone groups is 1. The second-order valence-electron chi connectivity index (χ2n) is 9.62. The predicted octanol–water partition coefficient (Wildman–Crippen LogP) is 3.81. The fourth-order valence-electron chi connectivity index (χ4n) is 4.14. The highest BCUT2D eigenvalue weighted by Crippen LogP contribution is 2.16. The fraction of sp³-hybridized carbons (Fsp3) is 0.182. The Labute approximate surface area is 252 Å². The molecule has 0 spiro atoms. The maximum atomic E-state index is 13.3. The van der Waals surface area contributed by atoms with E-state index >= 15 is 0 Å². The molecule has 0 aromatic heterocycles. The number of amides is 2. The van der Waals surface area contributed by atoms with E-state index in [1.165, 1.54) is 18.3 Å². The fourth-order valence-corrected chi connectivity index (χ4v) is 5.56. The largest absolute Gasteiger partial charge is 0.484 e. The number of carbonyl (C=O) groups excluding carboxylic acids is 2. The van der Waals surface area contributed by atoms with Gasteiger partial charge in [0.05, 0.1) is 17.7 Å². The molecule has 0 bridgehead atoms. The molecule has 0 aliphatic rings. The molecule has 0 unspecified atom stereocenters. The number of hydrogen-bond donors (Lipinski definition) is 2. The van der Waals surface area contributed by atoms with Gasteiger partial charge in [0.15, 0.2) is 6.61 Å². The van der Waals surface area contributed by atoms with Crippen LogP contribution in [0.25, 0.3) is 0 Å². The summed E-state index contributed by atoms with van der Waals surface area (Å²) in [6, 6.07) is 34.3. The molecule has 10 heteroatoms. The summed E-state index contributed by atoms with van der Waals surface area (Å²) < 4.78 is 33.3. The average Bonchev–Trinajstić information content (AvgIpc) is 3.04. The normalized spacial score (nSPS) is 11.4. The molecule has 0 atom stereocenters. The van der Waals surface area contributed by atoms with Gasteiger partial charge in [-0.3, -0.25) is 9.59 Å². The van der Waals surface area contributed by atoms with E-state index in [1.54, 1.807) is 42.5 Å². The maximum absolute atomic E-state index is 13.3. The van der Waals surface area contributed by atoms with Crippen molar-refractivity contribution in [3.8, 4) is 5.75 Å². The van der Waals surface area contributed by atoms with Gasteiger partial charge in [-0.15, -0.1) is 0 Å². The molecule has 0 aliphatic heterocycles. The van der Waals surface area contributed by atoms with E-state index in [1.807, 2.05) is 60.7 Å². The molecular formula is C33H34N4O5S. The van der Waals surface area contributed by atoms with Crippen molar-refractivity contribution >= 4 is 28.1 Å². The van der Waals surface area contributed by atoms with Crippen molar-refractivity contribution in [2.45, 2.75) is 17.7 Å². The molecule has 0 saturated heterocycles. The lowest BCUT2D eigenvalue weighted by atomic mass is 10.1. The van der Waals surface area contributed by atoms with Crippen LogP contribution in [0.5, 0.6) is 5.75 Å². The molecule has 43 heavy (non-hydrogen) atoms. The Balaban J connectivity index is 1.25. The van der Waals surface area contributed by atoms with Gasteiger partial charge in [0, 0.05) is 13.1 Å². The molecule has 0 fully saturated rings. The summed E-state index contributed by atoms with van der Waals surface area (Å²) in [7, 11) is -3.90. The lowest BCUT2D eigenvalue weighted by Crippen LogP contribution is -2.40. The van der Waals surface area contributed by atoms with Crippen molar-refractivity contribution in [2.24, 2.45) is 5.10 Å². The zero-order chi connectivity index (χ0) is 30.3. The van der Waals surface area contributed by atoms with Gasteiger partial charge >= 0.3 is 0 Å². The lowest BCUT2D eigenvalue weighted by molar-refractivity contribution is -0.123. The monoisotopic (exact) mass is 598 g/mol. The van der Waals surface area contributed by atoms with E-state index in [4.69, 9.17) is 4.74 Å². The third-order valence-corrected chi connectivity index (χ3v) is 8.28. The van der Waals surface area contributed by atoms with E-state index in [0.29, 0.717) is 24.3 Å². The topological polar surface area (TPSA) is 117 Å². The van der Waals surface area contributed by atoms with Gasteiger partial charge in [-0.1, -0.05) is 78.9 Å². The van der Waals surface area contributed by atoms with E-state index in [-0.39, 0.29) is 30.5 Å². The molecule has 4 rings (SSSR count). The van der Waals surface area contributed by atoms with Crippen molar-refractivity contribution in [3.63, 3.8) is 0 Å². The van der Waals surface area contributed by atoms with Crippen LogP contribution in [0, 0.1) is 0 Å². The number of rotatable bonds is 15. The number of ether oxygens (including phenoxy) is 1. The van der Waals surface area contributed by atoms with Gasteiger partial charge in [-0.05, 0) is 65.9 Å². The van der Waals surface area contributed by atoms with Crippen LogP contribution in [-0.4, -0.2) is 57.0 Å².